The van der Waals surface area contributed by atoms with Gasteiger partial charge >= 0.3 is 0 Å². The Morgan fingerprint density at radius 3 is 2.48 bits per heavy atom. The van der Waals surface area contributed by atoms with Gasteiger partial charge in [-0.2, -0.15) is 0 Å². The number of hydrogen-bond acceptors (Lipinski definition) is 5. The van der Waals surface area contributed by atoms with Crippen molar-refractivity contribution in [1.82, 2.24) is 5.32 Å². The number of methoxy groups -OCH3 is 2. The second-order valence-corrected chi connectivity index (χ2v) is 7.60. The van der Waals surface area contributed by atoms with E-state index in [-0.39, 0.29) is 5.91 Å². The lowest BCUT2D eigenvalue weighted by Crippen LogP contribution is -3.16. The van der Waals surface area contributed by atoms with Crippen molar-refractivity contribution in [3.63, 3.8) is 0 Å². The number of carbonyl (C=O) groups is 1. The van der Waals surface area contributed by atoms with Crippen molar-refractivity contribution in [2.75, 3.05) is 65.0 Å². The van der Waals surface area contributed by atoms with Crippen LogP contribution in [0.1, 0.15) is 12.5 Å². The summed E-state index contributed by atoms with van der Waals surface area (Å²) in [4.78, 5) is 16.1. The highest BCUT2D eigenvalue weighted by Crippen LogP contribution is 2.28. The first-order chi connectivity index (χ1) is 15.1. The Labute approximate surface area is 184 Å². The van der Waals surface area contributed by atoms with Gasteiger partial charge in [0, 0.05) is 6.54 Å². The summed E-state index contributed by atoms with van der Waals surface area (Å²) in [6.07, 6.45) is 0.753. The van der Waals surface area contributed by atoms with Crippen LogP contribution in [0, 0.1) is 0 Å². The summed E-state index contributed by atoms with van der Waals surface area (Å²) in [5.41, 5.74) is 2.25. The van der Waals surface area contributed by atoms with Gasteiger partial charge in [-0.1, -0.05) is 18.2 Å². The highest BCUT2D eigenvalue weighted by atomic mass is 16.5. The molecule has 0 spiro atoms. The summed E-state index contributed by atoms with van der Waals surface area (Å²) >= 11 is 0. The van der Waals surface area contributed by atoms with E-state index >= 15 is 0 Å². The average molecular weight is 429 g/mol. The van der Waals surface area contributed by atoms with Gasteiger partial charge in [0.2, 0.25) is 0 Å². The van der Waals surface area contributed by atoms with Gasteiger partial charge in [0.15, 0.2) is 18.0 Å². The van der Waals surface area contributed by atoms with E-state index in [4.69, 9.17) is 14.2 Å². The first kappa shape index (κ1) is 22.7. The molecule has 1 aliphatic heterocycles. The number of rotatable bonds is 10. The zero-order chi connectivity index (χ0) is 22.1. The maximum atomic E-state index is 12.4. The predicted octanol–water partition coefficient (Wildman–Crippen LogP) is 1.17. The van der Waals surface area contributed by atoms with Gasteiger partial charge in [-0.15, -0.1) is 0 Å². The minimum atomic E-state index is 0.0960. The van der Waals surface area contributed by atoms with E-state index in [1.165, 1.54) is 4.90 Å². The maximum absolute atomic E-state index is 12.4. The van der Waals surface area contributed by atoms with E-state index in [0.717, 1.165) is 49.6 Å². The average Bonchev–Trinajstić information content (AvgIpc) is 2.80. The zero-order valence-electron chi connectivity index (χ0n) is 18.8. The Bertz CT molecular complexity index is 850. The third-order valence-corrected chi connectivity index (χ3v) is 5.57. The number of benzene rings is 2. The largest absolute Gasteiger partial charge is 0.493 e. The van der Waals surface area contributed by atoms with Crippen LogP contribution in [-0.4, -0.2) is 66.0 Å². The maximum Gasteiger partial charge on any atom is 0.275 e. The summed E-state index contributed by atoms with van der Waals surface area (Å²) in [6, 6.07) is 14.0. The predicted molar refractivity (Wildman–Crippen MR) is 122 cm³/mol. The van der Waals surface area contributed by atoms with E-state index in [9.17, 15) is 4.79 Å². The van der Waals surface area contributed by atoms with Gasteiger partial charge in [0.25, 0.3) is 5.91 Å². The molecule has 0 unspecified atom stereocenters. The quantitative estimate of drug-likeness (QED) is 0.595. The molecule has 1 amide bonds. The summed E-state index contributed by atoms with van der Waals surface area (Å²) in [7, 11) is 3.25. The van der Waals surface area contributed by atoms with Crippen molar-refractivity contribution in [1.29, 1.82) is 0 Å². The Kier molecular flexibility index (Phi) is 8.41. The number of quaternary nitrogens is 1. The molecule has 1 heterocycles. The first-order valence-electron chi connectivity index (χ1n) is 10.9. The molecule has 0 aliphatic carbocycles. The number of nitrogens with zero attached hydrogens (tertiary/aromatic N) is 1. The SMILES string of the molecule is CCOc1ccccc1N1CC[NH+](CC(=O)NCCc2ccc(OC)c(OC)c2)CC1. The molecule has 2 N–H and O–H groups in total. The molecule has 0 saturated carbocycles. The Morgan fingerprint density at radius 2 is 1.77 bits per heavy atom. The fourth-order valence-corrected chi connectivity index (χ4v) is 3.91. The fraction of sp³-hybridized carbons (Fsp3) is 0.458. The lowest BCUT2D eigenvalue weighted by molar-refractivity contribution is -0.892. The monoisotopic (exact) mass is 428 g/mol. The molecule has 7 heteroatoms. The van der Waals surface area contributed by atoms with E-state index in [1.807, 2.05) is 43.3 Å². The van der Waals surface area contributed by atoms with Crippen LogP contribution in [0.3, 0.4) is 0 Å². The lowest BCUT2D eigenvalue weighted by atomic mass is 10.1. The molecule has 0 atom stereocenters. The molecule has 0 aromatic heterocycles. The summed E-state index contributed by atoms with van der Waals surface area (Å²) in [5, 5.41) is 3.05. The summed E-state index contributed by atoms with van der Waals surface area (Å²) in [5.74, 6) is 2.45. The number of hydrogen-bond donors (Lipinski definition) is 2. The van der Waals surface area contributed by atoms with Gasteiger partial charge in [-0.25, -0.2) is 0 Å². The van der Waals surface area contributed by atoms with Crippen molar-refractivity contribution in [3.05, 3.63) is 48.0 Å². The standard InChI is InChI=1S/C24H33N3O4/c1-4-31-21-8-6-5-7-20(21)27-15-13-26(14-16-27)18-24(28)25-12-11-19-9-10-22(29-2)23(17-19)30-3/h5-10,17H,4,11-16,18H2,1-3H3,(H,25,28)/p+1. The van der Waals surface area contributed by atoms with E-state index in [1.54, 1.807) is 14.2 Å². The van der Waals surface area contributed by atoms with Crippen molar-refractivity contribution in [2.45, 2.75) is 13.3 Å². The van der Waals surface area contributed by atoms with E-state index in [0.29, 0.717) is 31.2 Å². The van der Waals surface area contributed by atoms with Crippen LogP contribution < -0.4 is 29.3 Å². The number of anilines is 1. The summed E-state index contributed by atoms with van der Waals surface area (Å²) < 4.78 is 16.4. The van der Waals surface area contributed by atoms with E-state index in [2.05, 4.69) is 16.3 Å². The minimum absolute atomic E-state index is 0.0960. The van der Waals surface area contributed by atoms with Gasteiger partial charge in [-0.05, 0) is 43.2 Å². The number of para-hydroxylation sites is 2. The Morgan fingerprint density at radius 1 is 1.03 bits per heavy atom. The van der Waals surface area contributed by atoms with Gasteiger partial charge in [-0.3, -0.25) is 4.79 Å². The molecule has 1 aliphatic rings. The van der Waals surface area contributed by atoms with Crippen molar-refractivity contribution < 1.29 is 23.9 Å². The fourth-order valence-electron chi connectivity index (χ4n) is 3.91. The normalized spacial score (nSPS) is 14.2. The van der Waals surface area contributed by atoms with Crippen LogP contribution in [0.5, 0.6) is 17.2 Å². The van der Waals surface area contributed by atoms with Crippen LogP contribution in [-0.2, 0) is 11.2 Å². The molecular formula is C24H34N3O4+. The highest BCUT2D eigenvalue weighted by Gasteiger charge is 2.23. The molecular weight excluding hydrogens is 394 g/mol. The van der Waals surface area contributed by atoms with E-state index < -0.39 is 0 Å². The van der Waals surface area contributed by atoms with Crippen LogP contribution >= 0.6 is 0 Å². The lowest BCUT2D eigenvalue weighted by Gasteiger charge is -2.34. The van der Waals surface area contributed by atoms with Crippen LogP contribution in [0.25, 0.3) is 0 Å². The Hall–Kier alpha value is -2.93. The van der Waals surface area contributed by atoms with Crippen molar-refractivity contribution in [2.24, 2.45) is 0 Å². The van der Waals surface area contributed by atoms with Crippen LogP contribution in [0.2, 0.25) is 0 Å². The molecule has 1 fully saturated rings. The van der Waals surface area contributed by atoms with Gasteiger partial charge in [0.05, 0.1) is 52.7 Å². The highest BCUT2D eigenvalue weighted by molar-refractivity contribution is 5.76. The Balaban J connectivity index is 1.41. The topological polar surface area (TPSA) is 64.5 Å². The first-order valence-corrected chi connectivity index (χ1v) is 10.9. The number of amides is 1. The molecule has 0 bridgehead atoms. The minimum Gasteiger partial charge on any atom is -0.493 e. The molecule has 7 nitrogen and oxygen atoms in total. The molecule has 2 aromatic rings. The number of ether oxygens (including phenoxy) is 3. The molecule has 3 rings (SSSR count). The van der Waals surface area contributed by atoms with Crippen molar-refractivity contribution in [3.8, 4) is 17.2 Å². The molecule has 0 radical (unpaired) electrons. The van der Waals surface area contributed by atoms with Gasteiger partial charge < -0.3 is 29.3 Å². The zero-order valence-corrected chi connectivity index (χ0v) is 18.8. The second kappa shape index (κ2) is 11.5. The van der Waals surface area contributed by atoms with Crippen LogP contribution in [0.15, 0.2) is 42.5 Å². The van der Waals surface area contributed by atoms with Crippen molar-refractivity contribution >= 4 is 11.6 Å². The third-order valence-electron chi connectivity index (χ3n) is 5.57. The molecule has 168 valence electrons. The van der Waals surface area contributed by atoms with Crippen LogP contribution in [0.4, 0.5) is 5.69 Å². The molecule has 2 aromatic carbocycles. The summed E-state index contributed by atoms with van der Waals surface area (Å²) in [6.45, 7) is 7.47. The molecule has 31 heavy (non-hydrogen) atoms. The van der Waals surface area contributed by atoms with Gasteiger partial charge in [0.1, 0.15) is 5.75 Å². The molecule has 1 saturated heterocycles. The number of carbonyl (C=O) groups excluding carboxylic acids is 1. The number of nitrogens with one attached hydrogen (secondary N) is 2. The third kappa shape index (κ3) is 6.28. The smallest absolute Gasteiger partial charge is 0.275 e. The second-order valence-electron chi connectivity index (χ2n) is 7.60. The number of piperazine rings is 1.